The summed E-state index contributed by atoms with van der Waals surface area (Å²) in [5.74, 6) is 1.57. The first-order valence-electron chi connectivity index (χ1n) is 11.3. The predicted molar refractivity (Wildman–Crippen MR) is 120 cm³/mol. The van der Waals surface area contributed by atoms with Crippen molar-refractivity contribution in [2.24, 2.45) is 0 Å². The zero-order valence-corrected chi connectivity index (χ0v) is 18.3. The number of aromatic nitrogens is 2. The zero-order valence-electron chi connectivity index (χ0n) is 18.3. The van der Waals surface area contributed by atoms with Gasteiger partial charge in [0.15, 0.2) is 0 Å². The fourth-order valence-electron chi connectivity index (χ4n) is 4.83. The van der Waals surface area contributed by atoms with Gasteiger partial charge in [-0.2, -0.15) is 0 Å². The molecule has 2 heterocycles. The lowest BCUT2D eigenvalue weighted by Crippen LogP contribution is -2.55. The molecule has 1 aromatic carbocycles. The summed E-state index contributed by atoms with van der Waals surface area (Å²) in [6, 6.07) is 8.22. The maximum Gasteiger partial charge on any atom is 0.239 e. The van der Waals surface area contributed by atoms with Crippen molar-refractivity contribution in [1.29, 1.82) is 0 Å². The molecule has 2 aliphatic rings. The second-order valence-electron chi connectivity index (χ2n) is 8.77. The Kier molecular flexibility index (Phi) is 6.49. The van der Waals surface area contributed by atoms with Crippen LogP contribution in [0.5, 0.6) is 0 Å². The number of hydrogen-bond donors (Lipinski definition) is 1. The van der Waals surface area contributed by atoms with E-state index in [0.29, 0.717) is 18.4 Å². The Morgan fingerprint density at radius 3 is 2.57 bits per heavy atom. The van der Waals surface area contributed by atoms with E-state index in [1.165, 1.54) is 19.3 Å². The quantitative estimate of drug-likeness (QED) is 0.816. The lowest BCUT2D eigenvalue weighted by Gasteiger charge is -2.40. The molecule has 1 aliphatic carbocycles. The molecule has 0 bridgehead atoms. The standard InChI is InChI=1S/C23H34N6O/c1-17(23(30)27(2)18-8-4-3-5-9-18)29-14-12-28(13-15-29)16-21-25-20-11-7-6-10-19(20)22(24)26-21/h6-7,10-11,17-18H,3-5,8-9,12-16H2,1-2H3,(H2,24,25,26). The maximum absolute atomic E-state index is 13.0. The lowest BCUT2D eigenvalue weighted by molar-refractivity contribution is -0.138. The third kappa shape index (κ3) is 4.57. The van der Waals surface area contributed by atoms with Crippen LogP contribution in [0.3, 0.4) is 0 Å². The van der Waals surface area contributed by atoms with Gasteiger partial charge in [-0.1, -0.05) is 31.4 Å². The molecular formula is C23H34N6O. The van der Waals surface area contributed by atoms with Crippen LogP contribution in [0.25, 0.3) is 10.9 Å². The van der Waals surface area contributed by atoms with Crippen LogP contribution < -0.4 is 5.73 Å². The zero-order chi connectivity index (χ0) is 21.1. The van der Waals surface area contributed by atoms with E-state index in [1.54, 1.807) is 0 Å². The van der Waals surface area contributed by atoms with E-state index in [1.807, 2.05) is 36.2 Å². The van der Waals surface area contributed by atoms with Gasteiger partial charge in [0, 0.05) is 44.7 Å². The summed E-state index contributed by atoms with van der Waals surface area (Å²) in [5, 5.41) is 0.903. The first kappa shape index (κ1) is 21.0. The minimum Gasteiger partial charge on any atom is -0.383 e. The van der Waals surface area contributed by atoms with Crippen molar-refractivity contribution < 1.29 is 4.79 Å². The summed E-state index contributed by atoms with van der Waals surface area (Å²) in [4.78, 5) is 28.9. The van der Waals surface area contributed by atoms with Gasteiger partial charge in [0.05, 0.1) is 18.1 Å². The highest BCUT2D eigenvalue weighted by molar-refractivity contribution is 5.87. The van der Waals surface area contributed by atoms with Crippen LogP contribution in [0, 0.1) is 0 Å². The summed E-state index contributed by atoms with van der Waals surface area (Å²) in [5.41, 5.74) is 7.02. The van der Waals surface area contributed by atoms with Gasteiger partial charge >= 0.3 is 0 Å². The normalized spacial score (nSPS) is 20.3. The topological polar surface area (TPSA) is 78.6 Å². The van der Waals surface area contributed by atoms with E-state index >= 15 is 0 Å². The lowest BCUT2D eigenvalue weighted by atomic mass is 9.94. The molecule has 4 rings (SSSR count). The number of likely N-dealkylation sites (N-methyl/N-ethyl adjacent to an activating group) is 1. The molecule has 1 unspecified atom stereocenters. The van der Waals surface area contributed by atoms with Crippen molar-refractivity contribution in [3.8, 4) is 0 Å². The minimum atomic E-state index is -0.0633. The Morgan fingerprint density at radius 1 is 1.13 bits per heavy atom. The Morgan fingerprint density at radius 2 is 1.83 bits per heavy atom. The van der Waals surface area contributed by atoms with Crippen molar-refractivity contribution in [3.63, 3.8) is 0 Å². The molecule has 2 aromatic rings. The Labute approximate surface area is 179 Å². The molecular weight excluding hydrogens is 376 g/mol. The largest absolute Gasteiger partial charge is 0.383 e. The van der Waals surface area contributed by atoms with Crippen molar-refractivity contribution >= 4 is 22.6 Å². The molecule has 1 saturated heterocycles. The summed E-state index contributed by atoms with van der Waals surface area (Å²) in [7, 11) is 1.99. The minimum absolute atomic E-state index is 0.0633. The molecule has 2 N–H and O–H groups in total. The van der Waals surface area contributed by atoms with Crippen LogP contribution >= 0.6 is 0 Å². The van der Waals surface area contributed by atoms with E-state index in [-0.39, 0.29) is 11.9 Å². The molecule has 1 aliphatic heterocycles. The number of nitrogens with zero attached hydrogens (tertiary/aromatic N) is 5. The third-order valence-corrected chi connectivity index (χ3v) is 6.83. The maximum atomic E-state index is 13.0. The number of hydrogen-bond acceptors (Lipinski definition) is 6. The number of rotatable bonds is 5. The fraction of sp³-hybridized carbons (Fsp3) is 0.609. The van der Waals surface area contributed by atoms with Crippen LogP contribution in [0.15, 0.2) is 24.3 Å². The van der Waals surface area contributed by atoms with Gasteiger partial charge in [0.25, 0.3) is 0 Å². The van der Waals surface area contributed by atoms with Crippen LogP contribution in [-0.4, -0.2) is 75.9 Å². The number of nitrogen functional groups attached to an aromatic ring is 1. The Bertz CT molecular complexity index is 873. The second-order valence-corrected chi connectivity index (χ2v) is 8.77. The molecule has 7 heteroatoms. The van der Waals surface area contributed by atoms with Crippen LogP contribution in [-0.2, 0) is 11.3 Å². The Hall–Kier alpha value is -2.25. The van der Waals surface area contributed by atoms with Gasteiger partial charge < -0.3 is 10.6 Å². The highest BCUT2D eigenvalue weighted by Gasteiger charge is 2.30. The van der Waals surface area contributed by atoms with Crippen molar-refractivity contribution in [1.82, 2.24) is 24.7 Å². The van der Waals surface area contributed by atoms with Crippen LogP contribution in [0.1, 0.15) is 44.9 Å². The molecule has 7 nitrogen and oxygen atoms in total. The smallest absolute Gasteiger partial charge is 0.239 e. The molecule has 1 saturated carbocycles. The molecule has 0 spiro atoms. The molecule has 2 fully saturated rings. The van der Waals surface area contributed by atoms with Gasteiger partial charge in [0.1, 0.15) is 11.6 Å². The second kappa shape index (κ2) is 9.27. The molecule has 1 atom stereocenters. The van der Waals surface area contributed by atoms with E-state index in [4.69, 9.17) is 5.73 Å². The monoisotopic (exact) mass is 410 g/mol. The average Bonchev–Trinajstić information content (AvgIpc) is 2.79. The van der Waals surface area contributed by atoms with Gasteiger partial charge in [-0.15, -0.1) is 0 Å². The van der Waals surface area contributed by atoms with Crippen molar-refractivity contribution in [2.75, 3.05) is 39.0 Å². The molecule has 0 radical (unpaired) electrons. The number of carbonyl (C=O) groups excluding carboxylic acids is 1. The van der Waals surface area contributed by atoms with Crippen LogP contribution in [0.4, 0.5) is 5.82 Å². The van der Waals surface area contributed by atoms with Crippen LogP contribution in [0.2, 0.25) is 0 Å². The van der Waals surface area contributed by atoms with E-state index in [9.17, 15) is 4.79 Å². The summed E-state index contributed by atoms with van der Waals surface area (Å²) < 4.78 is 0. The van der Waals surface area contributed by atoms with Gasteiger partial charge in [-0.3, -0.25) is 14.6 Å². The van der Waals surface area contributed by atoms with E-state index < -0.39 is 0 Å². The van der Waals surface area contributed by atoms with Crippen molar-refractivity contribution in [2.45, 2.75) is 57.7 Å². The molecule has 1 amide bonds. The number of nitrogens with two attached hydrogens (primary N) is 1. The third-order valence-electron chi connectivity index (χ3n) is 6.83. The number of benzene rings is 1. The first-order chi connectivity index (χ1) is 14.5. The number of amides is 1. The van der Waals surface area contributed by atoms with Gasteiger partial charge in [0.2, 0.25) is 5.91 Å². The van der Waals surface area contributed by atoms with Gasteiger partial charge in [-0.25, -0.2) is 9.97 Å². The fourth-order valence-corrected chi connectivity index (χ4v) is 4.83. The molecule has 1 aromatic heterocycles. The summed E-state index contributed by atoms with van der Waals surface area (Å²) in [6.07, 6.45) is 6.10. The number of para-hydroxylation sites is 1. The van der Waals surface area contributed by atoms with E-state index in [0.717, 1.165) is 55.7 Å². The molecule has 30 heavy (non-hydrogen) atoms. The van der Waals surface area contributed by atoms with Gasteiger partial charge in [-0.05, 0) is 31.9 Å². The highest BCUT2D eigenvalue weighted by Crippen LogP contribution is 2.23. The summed E-state index contributed by atoms with van der Waals surface area (Å²) >= 11 is 0. The predicted octanol–water partition coefficient (Wildman–Crippen LogP) is 2.51. The number of anilines is 1. The van der Waals surface area contributed by atoms with E-state index in [2.05, 4.69) is 26.7 Å². The summed E-state index contributed by atoms with van der Waals surface area (Å²) in [6.45, 7) is 6.32. The number of fused-ring (bicyclic) bond motifs is 1. The SMILES string of the molecule is CC(C(=O)N(C)C1CCCCC1)N1CCN(Cc2nc(N)c3ccccc3n2)CC1. The van der Waals surface area contributed by atoms with Crippen molar-refractivity contribution in [3.05, 3.63) is 30.1 Å². The number of carbonyl (C=O) groups is 1. The number of piperazine rings is 1. The Balaban J connectivity index is 1.32. The molecule has 162 valence electrons. The highest BCUT2D eigenvalue weighted by atomic mass is 16.2. The first-order valence-corrected chi connectivity index (χ1v) is 11.3. The average molecular weight is 411 g/mol.